The average Bonchev–Trinajstić information content (AvgIpc) is 2.69. The van der Waals surface area contributed by atoms with Crippen LogP contribution in [0.1, 0.15) is 20.7 Å². The molecule has 0 saturated heterocycles. The number of aromatic carboxylic acids is 2. The lowest BCUT2D eigenvalue weighted by Gasteiger charge is -2.10. The Balaban J connectivity index is 0.000000285. The molecule has 2 heterocycles. The zero-order valence-corrected chi connectivity index (χ0v) is 16.1. The van der Waals surface area contributed by atoms with Crippen LogP contribution in [-0.2, 0) is 0 Å². The summed E-state index contributed by atoms with van der Waals surface area (Å²) in [5.74, 6) is -3.21. The van der Waals surface area contributed by atoms with Crippen molar-refractivity contribution in [2.45, 2.75) is 10.4 Å². The third kappa shape index (κ3) is 7.59. The number of pyridine rings is 2. The van der Waals surface area contributed by atoms with Gasteiger partial charge < -0.3 is 15.5 Å². The summed E-state index contributed by atoms with van der Waals surface area (Å²) in [6.45, 7) is 0. The summed E-state index contributed by atoms with van der Waals surface area (Å²) in [6.07, 6.45) is 4.77. The minimum absolute atomic E-state index is 0.0266. The van der Waals surface area contributed by atoms with Crippen LogP contribution in [0.5, 0.6) is 0 Å². The number of rotatable bonds is 5. The standard InChI is InChI=1S/C13H9F3N2O2S.C6H4FNO2/c14-13(15,16)21-9-3-1-8(2-4-9)18-11-7-17-6-5-10(11)12(19)20;7-5-3-8-2-1-4(5)6(9)10/h1-7,18H,(H,19,20);1-3H,(H,9,10). The van der Waals surface area contributed by atoms with Crippen molar-refractivity contribution >= 4 is 35.1 Å². The van der Waals surface area contributed by atoms with E-state index in [1.165, 1.54) is 48.9 Å². The van der Waals surface area contributed by atoms with Crippen LogP contribution >= 0.6 is 11.8 Å². The number of benzene rings is 1. The summed E-state index contributed by atoms with van der Waals surface area (Å²) in [5, 5.41) is 20.1. The summed E-state index contributed by atoms with van der Waals surface area (Å²) < 4.78 is 49.0. The molecular formula is C19H13F4N3O4S. The molecule has 0 atom stereocenters. The second-order valence-corrected chi connectivity index (χ2v) is 6.72. The fraction of sp³-hybridized carbons (Fsp3) is 0.0526. The molecular weight excluding hydrogens is 442 g/mol. The van der Waals surface area contributed by atoms with Gasteiger partial charge in [-0.15, -0.1) is 0 Å². The SMILES string of the molecule is O=C(O)c1ccncc1F.O=C(O)c1ccncc1Nc1ccc(SC(F)(F)F)cc1. The maximum Gasteiger partial charge on any atom is 0.446 e. The van der Waals surface area contributed by atoms with Gasteiger partial charge in [0.1, 0.15) is 0 Å². The lowest BCUT2D eigenvalue weighted by Crippen LogP contribution is -2.03. The normalized spacial score (nSPS) is 10.6. The number of carboxylic acids is 2. The van der Waals surface area contributed by atoms with Crippen LogP contribution in [0.15, 0.2) is 66.1 Å². The van der Waals surface area contributed by atoms with E-state index in [2.05, 4.69) is 15.3 Å². The van der Waals surface area contributed by atoms with Crippen molar-refractivity contribution in [2.24, 2.45) is 0 Å². The number of carboxylic acid groups (broad SMARTS) is 2. The number of hydrogen-bond donors (Lipinski definition) is 3. The largest absolute Gasteiger partial charge is 0.478 e. The summed E-state index contributed by atoms with van der Waals surface area (Å²) in [7, 11) is 0. The lowest BCUT2D eigenvalue weighted by molar-refractivity contribution is -0.0328. The van der Waals surface area contributed by atoms with Crippen LogP contribution in [0.3, 0.4) is 0 Å². The molecule has 0 unspecified atom stereocenters. The van der Waals surface area contributed by atoms with Crippen molar-refractivity contribution in [3.8, 4) is 0 Å². The van der Waals surface area contributed by atoms with Crippen LogP contribution in [0, 0.1) is 5.82 Å². The predicted molar refractivity (Wildman–Crippen MR) is 104 cm³/mol. The van der Waals surface area contributed by atoms with Gasteiger partial charge in [0.2, 0.25) is 0 Å². The van der Waals surface area contributed by atoms with E-state index in [1.54, 1.807) is 0 Å². The Morgan fingerprint density at radius 3 is 1.90 bits per heavy atom. The van der Waals surface area contributed by atoms with Crippen LogP contribution < -0.4 is 5.32 Å². The second-order valence-electron chi connectivity index (χ2n) is 5.58. The molecule has 0 bridgehead atoms. The van der Waals surface area contributed by atoms with E-state index >= 15 is 0 Å². The van der Waals surface area contributed by atoms with Crippen molar-refractivity contribution in [1.29, 1.82) is 0 Å². The fourth-order valence-electron chi connectivity index (χ4n) is 2.12. The summed E-state index contributed by atoms with van der Waals surface area (Å²) >= 11 is -0.210. The van der Waals surface area contributed by atoms with Gasteiger partial charge in [0.25, 0.3) is 0 Å². The van der Waals surface area contributed by atoms with Crippen molar-refractivity contribution in [1.82, 2.24) is 9.97 Å². The Morgan fingerprint density at radius 1 is 0.871 bits per heavy atom. The Kier molecular flexibility index (Phi) is 7.91. The number of halogens is 4. The Labute approximate surface area is 176 Å². The van der Waals surface area contributed by atoms with Crippen LogP contribution in [0.25, 0.3) is 0 Å². The highest BCUT2D eigenvalue weighted by molar-refractivity contribution is 8.00. The Bertz CT molecular complexity index is 1060. The van der Waals surface area contributed by atoms with E-state index in [9.17, 15) is 27.2 Å². The maximum atomic E-state index is 12.4. The highest BCUT2D eigenvalue weighted by Crippen LogP contribution is 2.37. The van der Waals surface area contributed by atoms with Gasteiger partial charge in [-0.2, -0.15) is 13.2 Å². The molecule has 12 heteroatoms. The number of thioether (sulfide) groups is 1. The minimum atomic E-state index is -4.34. The molecule has 7 nitrogen and oxygen atoms in total. The van der Waals surface area contributed by atoms with E-state index in [1.807, 2.05) is 0 Å². The molecule has 0 aliphatic carbocycles. The molecule has 0 amide bonds. The highest BCUT2D eigenvalue weighted by Gasteiger charge is 2.29. The van der Waals surface area contributed by atoms with Gasteiger partial charge in [0.05, 0.1) is 29.2 Å². The molecule has 0 fully saturated rings. The van der Waals surface area contributed by atoms with Gasteiger partial charge in [-0.25, -0.2) is 14.0 Å². The minimum Gasteiger partial charge on any atom is -0.478 e. The lowest BCUT2D eigenvalue weighted by atomic mass is 10.2. The molecule has 3 aromatic rings. The molecule has 3 N–H and O–H groups in total. The van der Waals surface area contributed by atoms with Gasteiger partial charge in [-0.05, 0) is 48.2 Å². The van der Waals surface area contributed by atoms with Crippen molar-refractivity contribution in [2.75, 3.05) is 5.32 Å². The molecule has 1 aromatic carbocycles. The van der Waals surface area contributed by atoms with E-state index in [4.69, 9.17) is 10.2 Å². The monoisotopic (exact) mass is 455 g/mol. The second kappa shape index (κ2) is 10.4. The van der Waals surface area contributed by atoms with Crippen LogP contribution in [0.2, 0.25) is 0 Å². The van der Waals surface area contributed by atoms with Crippen molar-refractivity contribution in [3.63, 3.8) is 0 Å². The van der Waals surface area contributed by atoms with Gasteiger partial charge >= 0.3 is 17.4 Å². The zero-order valence-electron chi connectivity index (χ0n) is 15.3. The Hall–Kier alpha value is -3.67. The molecule has 2 aromatic heterocycles. The summed E-state index contributed by atoms with van der Waals surface area (Å²) in [4.78, 5) is 28.4. The fourth-order valence-corrected chi connectivity index (χ4v) is 2.66. The van der Waals surface area contributed by atoms with E-state index in [0.717, 1.165) is 12.3 Å². The first-order valence-electron chi connectivity index (χ1n) is 8.20. The summed E-state index contributed by atoms with van der Waals surface area (Å²) in [6, 6.07) is 7.92. The number of aromatic nitrogens is 2. The van der Waals surface area contributed by atoms with Gasteiger partial charge in [-0.3, -0.25) is 9.97 Å². The third-order valence-corrected chi connectivity index (χ3v) is 4.16. The first kappa shape index (κ1) is 23.6. The van der Waals surface area contributed by atoms with E-state index in [0.29, 0.717) is 5.69 Å². The quantitative estimate of drug-likeness (QED) is 0.362. The van der Waals surface area contributed by atoms with E-state index in [-0.39, 0.29) is 33.5 Å². The third-order valence-electron chi connectivity index (χ3n) is 3.42. The number of hydrogen-bond acceptors (Lipinski definition) is 6. The number of nitrogens with one attached hydrogen (secondary N) is 1. The van der Waals surface area contributed by atoms with Crippen molar-refractivity contribution < 1.29 is 37.4 Å². The smallest absolute Gasteiger partial charge is 0.446 e. The highest BCUT2D eigenvalue weighted by atomic mass is 32.2. The molecule has 0 spiro atoms. The number of nitrogens with zero attached hydrogens (tertiary/aromatic N) is 2. The molecule has 0 saturated carbocycles. The van der Waals surface area contributed by atoms with E-state index < -0.39 is 23.3 Å². The molecule has 3 rings (SSSR count). The van der Waals surface area contributed by atoms with Gasteiger partial charge in [-0.1, -0.05) is 0 Å². The van der Waals surface area contributed by atoms with Gasteiger partial charge in [0.15, 0.2) is 5.82 Å². The molecule has 0 aliphatic rings. The number of alkyl halides is 3. The molecule has 0 radical (unpaired) electrons. The molecule has 162 valence electrons. The first-order valence-corrected chi connectivity index (χ1v) is 9.01. The Morgan fingerprint density at radius 2 is 1.42 bits per heavy atom. The zero-order chi connectivity index (χ0) is 23.0. The van der Waals surface area contributed by atoms with Crippen molar-refractivity contribution in [3.05, 3.63) is 78.1 Å². The molecule has 0 aliphatic heterocycles. The van der Waals surface area contributed by atoms with Crippen LogP contribution in [0.4, 0.5) is 28.9 Å². The van der Waals surface area contributed by atoms with Crippen LogP contribution in [-0.4, -0.2) is 37.6 Å². The topological polar surface area (TPSA) is 112 Å². The average molecular weight is 455 g/mol. The first-order chi connectivity index (χ1) is 14.6. The number of carbonyl (C=O) groups is 2. The predicted octanol–water partition coefficient (Wildman–Crippen LogP) is 5.05. The summed E-state index contributed by atoms with van der Waals surface area (Å²) in [5.41, 5.74) is -3.93. The number of anilines is 2. The van der Waals surface area contributed by atoms with Gasteiger partial charge in [0, 0.05) is 23.0 Å². The molecule has 31 heavy (non-hydrogen) atoms. The maximum absolute atomic E-state index is 12.4.